The van der Waals surface area contributed by atoms with Gasteiger partial charge in [0.1, 0.15) is 13.2 Å². The van der Waals surface area contributed by atoms with Crippen molar-refractivity contribution in [2.75, 3.05) is 32.9 Å². The first-order valence-corrected chi connectivity index (χ1v) is 8.69. The van der Waals surface area contributed by atoms with Gasteiger partial charge in [-0.15, -0.1) is 0 Å². The van der Waals surface area contributed by atoms with E-state index in [2.05, 4.69) is 0 Å². The first-order chi connectivity index (χ1) is 12.5. The van der Waals surface area contributed by atoms with Gasteiger partial charge in [-0.05, 0) is 37.6 Å². The summed E-state index contributed by atoms with van der Waals surface area (Å²) in [6.45, 7) is 5.60. The van der Waals surface area contributed by atoms with E-state index in [-0.39, 0.29) is 24.7 Å². The highest BCUT2D eigenvalue weighted by molar-refractivity contribution is 5.89. The minimum absolute atomic E-state index is 0.0199. The Balaban J connectivity index is 1.49. The van der Waals surface area contributed by atoms with E-state index in [9.17, 15) is 9.59 Å². The van der Waals surface area contributed by atoms with Crippen molar-refractivity contribution < 1.29 is 28.5 Å². The van der Waals surface area contributed by atoms with Gasteiger partial charge in [0, 0.05) is 19.2 Å². The summed E-state index contributed by atoms with van der Waals surface area (Å²) in [4.78, 5) is 25.7. The lowest BCUT2D eigenvalue weighted by Gasteiger charge is -2.35. The first kappa shape index (κ1) is 18.3. The van der Waals surface area contributed by atoms with E-state index in [1.54, 1.807) is 23.1 Å². The summed E-state index contributed by atoms with van der Waals surface area (Å²) in [6, 6.07) is 5.41. The Bertz CT molecular complexity index is 691. The van der Waals surface area contributed by atoms with E-state index < -0.39 is 5.97 Å². The molecule has 7 heteroatoms. The normalized spacial score (nSPS) is 22.3. The molecule has 3 rings (SSSR count). The molecule has 7 nitrogen and oxygen atoms in total. The summed E-state index contributed by atoms with van der Waals surface area (Å²) in [5, 5.41) is 0. The van der Waals surface area contributed by atoms with Gasteiger partial charge in [0.2, 0.25) is 0 Å². The molecule has 1 fully saturated rings. The number of hydrogen-bond acceptors (Lipinski definition) is 6. The van der Waals surface area contributed by atoms with Crippen LogP contribution in [0.2, 0.25) is 0 Å². The largest absolute Gasteiger partial charge is 0.486 e. The number of morpholine rings is 1. The van der Waals surface area contributed by atoms with Crippen LogP contribution in [0.25, 0.3) is 6.08 Å². The van der Waals surface area contributed by atoms with Crippen LogP contribution in [-0.4, -0.2) is 61.9 Å². The van der Waals surface area contributed by atoms with Gasteiger partial charge >= 0.3 is 5.97 Å². The van der Waals surface area contributed by atoms with Gasteiger partial charge in [0.05, 0.1) is 12.2 Å². The Morgan fingerprint density at radius 1 is 1.15 bits per heavy atom. The molecular weight excluding hydrogens is 338 g/mol. The third kappa shape index (κ3) is 4.76. The van der Waals surface area contributed by atoms with Crippen LogP contribution in [0.1, 0.15) is 19.4 Å². The lowest BCUT2D eigenvalue weighted by atomic mass is 10.2. The molecule has 0 saturated carbocycles. The Morgan fingerprint density at radius 2 is 1.85 bits per heavy atom. The van der Waals surface area contributed by atoms with Crippen LogP contribution in [0, 0.1) is 0 Å². The summed E-state index contributed by atoms with van der Waals surface area (Å²) in [6.07, 6.45) is 2.87. The zero-order valence-corrected chi connectivity index (χ0v) is 15.0. The number of rotatable bonds is 4. The van der Waals surface area contributed by atoms with E-state index in [0.717, 1.165) is 5.56 Å². The molecule has 0 bridgehead atoms. The quantitative estimate of drug-likeness (QED) is 0.600. The summed E-state index contributed by atoms with van der Waals surface area (Å²) in [7, 11) is 0. The van der Waals surface area contributed by atoms with Crippen LogP contribution >= 0.6 is 0 Å². The van der Waals surface area contributed by atoms with E-state index >= 15 is 0 Å². The fraction of sp³-hybridized carbons (Fsp3) is 0.474. The predicted octanol–water partition coefficient (Wildman–Crippen LogP) is 1.65. The minimum Gasteiger partial charge on any atom is -0.486 e. The molecule has 0 N–H and O–H groups in total. The van der Waals surface area contributed by atoms with Gasteiger partial charge < -0.3 is 23.8 Å². The highest BCUT2D eigenvalue weighted by Crippen LogP contribution is 2.31. The second-order valence-corrected chi connectivity index (χ2v) is 6.40. The van der Waals surface area contributed by atoms with Crippen molar-refractivity contribution in [2.24, 2.45) is 0 Å². The zero-order valence-electron chi connectivity index (χ0n) is 15.0. The molecule has 1 aromatic rings. The van der Waals surface area contributed by atoms with Crippen molar-refractivity contribution in [2.45, 2.75) is 26.1 Å². The van der Waals surface area contributed by atoms with E-state index in [1.807, 2.05) is 19.9 Å². The van der Waals surface area contributed by atoms with Gasteiger partial charge in [-0.3, -0.25) is 4.79 Å². The van der Waals surface area contributed by atoms with Crippen LogP contribution in [0.4, 0.5) is 0 Å². The Hall–Kier alpha value is -2.54. The highest BCUT2D eigenvalue weighted by Gasteiger charge is 2.26. The lowest BCUT2D eigenvalue weighted by molar-refractivity contribution is -0.154. The summed E-state index contributed by atoms with van der Waals surface area (Å²) < 4.78 is 21.6. The summed E-state index contributed by atoms with van der Waals surface area (Å²) in [5.74, 6) is 0.559. The summed E-state index contributed by atoms with van der Waals surface area (Å²) >= 11 is 0. The minimum atomic E-state index is -0.567. The van der Waals surface area contributed by atoms with Crippen LogP contribution in [0.5, 0.6) is 11.5 Å². The van der Waals surface area contributed by atoms with Crippen molar-refractivity contribution in [3.8, 4) is 11.5 Å². The molecule has 2 aliphatic heterocycles. The molecule has 1 saturated heterocycles. The third-order valence-corrected chi connectivity index (χ3v) is 4.09. The van der Waals surface area contributed by atoms with Crippen LogP contribution in [-0.2, 0) is 19.1 Å². The van der Waals surface area contributed by atoms with Crippen LogP contribution < -0.4 is 9.47 Å². The fourth-order valence-corrected chi connectivity index (χ4v) is 2.98. The zero-order chi connectivity index (χ0) is 18.5. The number of fused-ring (bicyclic) bond motifs is 1. The van der Waals surface area contributed by atoms with Gasteiger partial charge in [0.15, 0.2) is 18.1 Å². The van der Waals surface area contributed by atoms with Crippen LogP contribution in [0.3, 0.4) is 0 Å². The molecule has 140 valence electrons. The van der Waals surface area contributed by atoms with E-state index in [4.69, 9.17) is 18.9 Å². The average Bonchev–Trinajstić information content (AvgIpc) is 2.63. The number of carbonyl (C=O) groups excluding carboxylic acids is 2. The molecule has 2 atom stereocenters. The molecule has 0 aromatic heterocycles. The Kier molecular flexibility index (Phi) is 5.78. The second kappa shape index (κ2) is 8.23. The molecule has 0 aliphatic carbocycles. The maximum absolute atomic E-state index is 12.2. The first-order valence-electron chi connectivity index (χ1n) is 8.69. The second-order valence-electron chi connectivity index (χ2n) is 6.40. The molecule has 1 amide bonds. The maximum Gasteiger partial charge on any atom is 0.331 e. The molecule has 2 aliphatic rings. The third-order valence-electron chi connectivity index (χ3n) is 4.09. The number of carbonyl (C=O) groups is 2. The Morgan fingerprint density at radius 3 is 2.58 bits per heavy atom. The average molecular weight is 361 g/mol. The van der Waals surface area contributed by atoms with Gasteiger partial charge in [0.25, 0.3) is 5.91 Å². The molecule has 0 unspecified atom stereocenters. The number of esters is 1. The van der Waals surface area contributed by atoms with Crippen molar-refractivity contribution in [3.05, 3.63) is 29.8 Å². The summed E-state index contributed by atoms with van der Waals surface area (Å²) in [5.41, 5.74) is 0.786. The van der Waals surface area contributed by atoms with Gasteiger partial charge in [-0.2, -0.15) is 0 Å². The molecule has 2 heterocycles. The molecule has 26 heavy (non-hydrogen) atoms. The molecule has 1 aromatic carbocycles. The van der Waals surface area contributed by atoms with Crippen molar-refractivity contribution in [3.63, 3.8) is 0 Å². The molecule has 0 spiro atoms. The van der Waals surface area contributed by atoms with E-state index in [0.29, 0.717) is 37.8 Å². The van der Waals surface area contributed by atoms with E-state index in [1.165, 1.54) is 6.08 Å². The lowest BCUT2D eigenvalue weighted by Crippen LogP contribution is -2.49. The predicted molar refractivity (Wildman–Crippen MR) is 94.0 cm³/mol. The smallest absolute Gasteiger partial charge is 0.331 e. The standard InChI is InChI=1S/C19H23NO6/c1-13-10-20(11-14(2)26-13)18(21)12-25-19(22)6-4-15-3-5-16-17(9-15)24-8-7-23-16/h3-6,9,13-14H,7-8,10-12H2,1-2H3/b6-4+/t13-,14+. The maximum atomic E-state index is 12.2. The number of hydrogen-bond donors (Lipinski definition) is 0. The van der Waals surface area contributed by atoms with Gasteiger partial charge in [-0.1, -0.05) is 6.07 Å². The number of ether oxygens (including phenoxy) is 4. The van der Waals surface area contributed by atoms with Gasteiger partial charge in [-0.25, -0.2) is 4.79 Å². The fourth-order valence-electron chi connectivity index (χ4n) is 2.98. The van der Waals surface area contributed by atoms with Crippen molar-refractivity contribution in [1.29, 1.82) is 0 Å². The monoisotopic (exact) mass is 361 g/mol. The van der Waals surface area contributed by atoms with Crippen molar-refractivity contribution >= 4 is 18.0 Å². The SMILES string of the molecule is C[C@@H]1CN(C(=O)COC(=O)/C=C/c2ccc3c(c2)OCCO3)C[C@H](C)O1. The number of nitrogens with zero attached hydrogens (tertiary/aromatic N) is 1. The topological polar surface area (TPSA) is 74.3 Å². The van der Waals surface area contributed by atoms with Crippen molar-refractivity contribution in [1.82, 2.24) is 4.90 Å². The number of amides is 1. The highest BCUT2D eigenvalue weighted by atomic mass is 16.6. The Labute approximate surface area is 152 Å². The number of benzene rings is 1. The molecule has 0 radical (unpaired) electrons. The molecular formula is C19H23NO6. The van der Waals surface area contributed by atoms with Crippen LogP contribution in [0.15, 0.2) is 24.3 Å².